The van der Waals surface area contributed by atoms with E-state index >= 15 is 0 Å². The summed E-state index contributed by atoms with van der Waals surface area (Å²) in [5.41, 5.74) is 5.91. The number of benzene rings is 2. The molecular weight excluding hydrogens is 514 g/mol. The van der Waals surface area contributed by atoms with Gasteiger partial charge in [-0.15, -0.1) is 0 Å². The molecule has 3 rings (SSSR count). The molecule has 1 fully saturated rings. The van der Waals surface area contributed by atoms with E-state index in [0.717, 1.165) is 11.3 Å². The maximum Gasteiger partial charge on any atom is 0.0379 e. The third-order valence-corrected chi connectivity index (χ3v) is 5.88. The van der Waals surface area contributed by atoms with Crippen molar-refractivity contribution in [2.75, 3.05) is 0 Å². The van der Waals surface area contributed by atoms with Crippen molar-refractivity contribution in [2.24, 2.45) is 5.41 Å². The van der Waals surface area contributed by atoms with Gasteiger partial charge in [-0.25, -0.2) is 0 Å². The van der Waals surface area contributed by atoms with Crippen LogP contribution in [0.5, 0.6) is 5.75 Å². The fraction of sp³-hybridized carbons (Fsp3) is 0.500. The predicted octanol–water partition coefficient (Wildman–Crippen LogP) is 0.322. The molecule has 1 heterocycles. The van der Waals surface area contributed by atoms with E-state index in [4.69, 9.17) is 4.74 Å². The van der Waals surface area contributed by atoms with Crippen LogP contribution in [-0.4, -0.2) is 16.3 Å². The van der Waals surface area contributed by atoms with Crippen LogP contribution in [0.3, 0.4) is 0 Å². The van der Waals surface area contributed by atoms with E-state index in [0.29, 0.717) is 11.5 Å². The molecule has 174 valence electrons. The number of halogens is 2. The van der Waals surface area contributed by atoms with Gasteiger partial charge in [0.1, 0.15) is 0 Å². The van der Waals surface area contributed by atoms with Crippen molar-refractivity contribution in [3.05, 3.63) is 64.7 Å². The van der Waals surface area contributed by atoms with Gasteiger partial charge in [0.15, 0.2) is 0 Å². The summed E-state index contributed by atoms with van der Waals surface area (Å²) in [6.45, 7) is 17.8. The minimum atomic E-state index is 0. The first-order valence-electron chi connectivity index (χ1n) is 10.5. The molecule has 1 atom stereocenters. The van der Waals surface area contributed by atoms with Gasteiger partial charge in [-0.1, -0.05) is 37.6 Å². The van der Waals surface area contributed by atoms with Crippen molar-refractivity contribution < 1.29 is 47.4 Å². The SMILES string of the molecule is CC(C)Oc1ccccc1[CH]=[Ru+2].Cc1ccc(C2NC(C)(C)CC2(C)C)c(C)c1.[Cl-].[Cl-]. The van der Waals surface area contributed by atoms with Crippen LogP contribution in [0.1, 0.15) is 76.3 Å². The minimum absolute atomic E-state index is 0. The van der Waals surface area contributed by atoms with Gasteiger partial charge in [0.05, 0.1) is 0 Å². The first-order chi connectivity index (χ1) is 13.4. The van der Waals surface area contributed by atoms with Gasteiger partial charge in [-0.3, -0.25) is 0 Å². The Morgan fingerprint density at radius 2 is 1.65 bits per heavy atom. The first-order valence-corrected chi connectivity index (χ1v) is 11.5. The molecule has 2 nitrogen and oxygen atoms in total. The summed E-state index contributed by atoms with van der Waals surface area (Å²) in [5, 5.41) is 3.80. The van der Waals surface area contributed by atoms with Crippen LogP contribution < -0.4 is 34.9 Å². The van der Waals surface area contributed by atoms with Crippen LogP contribution in [0.4, 0.5) is 0 Å². The summed E-state index contributed by atoms with van der Waals surface area (Å²) < 4.78 is 7.58. The van der Waals surface area contributed by atoms with Crippen molar-refractivity contribution in [1.29, 1.82) is 0 Å². The van der Waals surface area contributed by atoms with Crippen molar-refractivity contribution in [2.45, 2.75) is 79.5 Å². The van der Waals surface area contributed by atoms with E-state index in [-0.39, 0.29) is 36.5 Å². The van der Waals surface area contributed by atoms with Gasteiger partial charge in [-0.2, -0.15) is 0 Å². The molecule has 5 heteroatoms. The van der Waals surface area contributed by atoms with Gasteiger partial charge in [0, 0.05) is 11.6 Å². The average Bonchev–Trinajstić information content (AvgIpc) is 2.82. The average molecular weight is 552 g/mol. The zero-order chi connectivity index (χ0) is 21.8. The molecule has 0 aromatic heterocycles. The summed E-state index contributed by atoms with van der Waals surface area (Å²) in [7, 11) is 0. The topological polar surface area (TPSA) is 21.3 Å². The Bertz CT molecular complexity index is 849. The van der Waals surface area contributed by atoms with Gasteiger partial charge >= 0.3 is 82.7 Å². The molecule has 31 heavy (non-hydrogen) atoms. The van der Waals surface area contributed by atoms with Crippen molar-refractivity contribution in [3.63, 3.8) is 0 Å². The Morgan fingerprint density at radius 1 is 1.03 bits per heavy atom. The number of ether oxygens (including phenoxy) is 1. The molecule has 1 N–H and O–H groups in total. The maximum atomic E-state index is 5.59. The van der Waals surface area contributed by atoms with E-state index < -0.39 is 0 Å². The molecule has 0 amide bonds. The van der Waals surface area contributed by atoms with Crippen LogP contribution in [0.15, 0.2) is 42.5 Å². The Kier molecular flexibility index (Phi) is 12.2. The van der Waals surface area contributed by atoms with Crippen molar-refractivity contribution >= 4 is 4.61 Å². The second kappa shape index (κ2) is 12.5. The summed E-state index contributed by atoms with van der Waals surface area (Å²) in [4.78, 5) is 0. The van der Waals surface area contributed by atoms with Gasteiger partial charge in [0.25, 0.3) is 0 Å². The number of para-hydroxylation sites is 1. The normalized spacial score (nSPS) is 18.2. The number of hydrogen-bond acceptors (Lipinski definition) is 2. The van der Waals surface area contributed by atoms with E-state index in [9.17, 15) is 0 Å². The molecule has 0 radical (unpaired) electrons. The van der Waals surface area contributed by atoms with E-state index in [1.807, 2.05) is 42.7 Å². The smallest absolute Gasteiger partial charge is 0.0379 e. The standard InChI is InChI=1S/C16H25N.C10H12O.2ClH.Ru/c1-11-7-8-13(12(2)9-11)14-15(3,4)10-16(5,6)17-14;1-8(2)11-10-7-5-4-6-9(10)3;;;/h7-9,14,17H,10H2,1-6H3;3-8H,1-2H3;2*1H;/q;;;;+2/p-2. The second-order valence-electron chi connectivity index (χ2n) is 9.79. The minimum Gasteiger partial charge on any atom is -1.00 e. The number of nitrogens with one attached hydrogen (secondary N) is 1. The maximum absolute atomic E-state index is 5.59. The Labute approximate surface area is 212 Å². The molecule has 1 unspecified atom stereocenters. The van der Waals surface area contributed by atoms with E-state index in [1.54, 1.807) is 0 Å². The molecule has 2 aromatic carbocycles. The Balaban J connectivity index is 0.000000575. The first kappa shape index (κ1) is 30.3. The fourth-order valence-corrected chi connectivity index (χ4v) is 4.87. The van der Waals surface area contributed by atoms with E-state index in [2.05, 4.69) is 82.9 Å². The second-order valence-corrected chi connectivity index (χ2v) is 10.3. The van der Waals surface area contributed by atoms with Gasteiger partial charge in [0.2, 0.25) is 0 Å². The Hall–Kier alpha value is -0.727. The summed E-state index contributed by atoms with van der Waals surface area (Å²) in [5.74, 6) is 0.950. The quantitative estimate of drug-likeness (QED) is 0.554. The zero-order valence-corrected chi connectivity index (χ0v) is 23.2. The molecule has 1 saturated heterocycles. The zero-order valence-electron chi connectivity index (χ0n) is 20.0. The third kappa shape index (κ3) is 8.62. The van der Waals surface area contributed by atoms with Crippen molar-refractivity contribution in [3.8, 4) is 5.75 Å². The molecule has 2 aromatic rings. The van der Waals surface area contributed by atoms with Crippen LogP contribution in [0.25, 0.3) is 0 Å². The summed E-state index contributed by atoms with van der Waals surface area (Å²) >= 11 is 2.49. The molecular formula is C26H37Cl2NORu. The van der Waals surface area contributed by atoms with Gasteiger partial charge in [-0.05, 0) is 50.7 Å². The largest absolute Gasteiger partial charge is 1.00 e. The number of hydrogen-bond donors (Lipinski definition) is 1. The molecule has 0 bridgehead atoms. The summed E-state index contributed by atoms with van der Waals surface area (Å²) in [6, 6.07) is 15.3. The van der Waals surface area contributed by atoms with Gasteiger partial charge < -0.3 is 30.1 Å². The fourth-order valence-electron chi connectivity index (χ4n) is 4.45. The third-order valence-electron chi connectivity index (χ3n) is 5.34. The molecule has 1 aliphatic heterocycles. The molecule has 1 aliphatic rings. The Morgan fingerprint density at radius 3 is 2.13 bits per heavy atom. The monoisotopic (exact) mass is 551 g/mol. The van der Waals surface area contributed by atoms with Crippen LogP contribution in [0.2, 0.25) is 0 Å². The van der Waals surface area contributed by atoms with Crippen LogP contribution >= 0.6 is 0 Å². The van der Waals surface area contributed by atoms with Crippen molar-refractivity contribution in [1.82, 2.24) is 5.32 Å². The molecule has 0 saturated carbocycles. The van der Waals surface area contributed by atoms with Crippen LogP contribution in [-0.2, 0) is 17.9 Å². The molecule has 0 spiro atoms. The number of rotatable bonds is 4. The number of aryl methyl sites for hydroxylation is 2. The summed E-state index contributed by atoms with van der Waals surface area (Å²) in [6.07, 6.45) is 1.45. The van der Waals surface area contributed by atoms with Crippen LogP contribution in [0, 0.1) is 19.3 Å². The van der Waals surface area contributed by atoms with E-state index in [1.165, 1.54) is 23.1 Å². The molecule has 0 aliphatic carbocycles. The predicted molar refractivity (Wildman–Crippen MR) is 122 cm³/mol.